The predicted molar refractivity (Wildman–Crippen MR) is 69.0 cm³/mol. The average molecular weight is 309 g/mol. The molecule has 1 aromatic carbocycles. The molecule has 1 N–H and O–H groups in total. The second-order valence-corrected chi connectivity index (χ2v) is 4.95. The third-order valence-corrected chi connectivity index (χ3v) is 3.22. The smallest absolute Gasteiger partial charge is 0.314 e. The van der Waals surface area contributed by atoms with Crippen molar-refractivity contribution in [3.63, 3.8) is 0 Å². The average Bonchev–Trinajstić information content (AvgIpc) is 3.10. The lowest BCUT2D eigenvalue weighted by Crippen LogP contribution is -1.89. The van der Waals surface area contributed by atoms with Crippen LogP contribution in [0.25, 0.3) is 0 Å². The van der Waals surface area contributed by atoms with Crippen LogP contribution in [0.2, 0.25) is 0 Å². The van der Waals surface area contributed by atoms with E-state index in [1.54, 1.807) is 0 Å². The van der Waals surface area contributed by atoms with E-state index in [1.165, 1.54) is 0 Å². The molecule has 0 spiro atoms. The standard InChI is InChI=1S/C12H9F2N5OS/c13-9(14)10-17-19-12(20-10)21-11-15-8(16-18-11)6-7-4-2-1-3-5-7/h1-5,9H,6H2,(H,15,16,18). The van der Waals surface area contributed by atoms with Crippen molar-refractivity contribution in [3.8, 4) is 0 Å². The maximum absolute atomic E-state index is 12.3. The molecule has 9 heteroatoms. The van der Waals surface area contributed by atoms with Crippen molar-refractivity contribution in [3.05, 3.63) is 47.6 Å². The Morgan fingerprint density at radius 3 is 2.71 bits per heavy atom. The fraction of sp³-hybridized carbons (Fsp3) is 0.167. The van der Waals surface area contributed by atoms with Gasteiger partial charge in [0.15, 0.2) is 0 Å². The van der Waals surface area contributed by atoms with Gasteiger partial charge < -0.3 is 4.42 Å². The molecule has 3 rings (SSSR count). The minimum absolute atomic E-state index is 0.0180. The summed E-state index contributed by atoms with van der Waals surface area (Å²) in [6.07, 6.45) is -2.19. The summed E-state index contributed by atoms with van der Waals surface area (Å²) < 4.78 is 29.4. The third-order valence-electron chi connectivity index (χ3n) is 2.51. The number of nitrogens with one attached hydrogen (secondary N) is 1. The molecule has 0 bridgehead atoms. The van der Waals surface area contributed by atoms with Gasteiger partial charge in [0.05, 0.1) is 0 Å². The summed E-state index contributed by atoms with van der Waals surface area (Å²) in [7, 11) is 0. The molecule has 2 aromatic heterocycles. The number of halogens is 2. The highest BCUT2D eigenvalue weighted by Crippen LogP contribution is 2.26. The monoisotopic (exact) mass is 309 g/mol. The molecule has 108 valence electrons. The minimum atomic E-state index is -2.78. The first-order chi connectivity index (χ1) is 10.2. The Morgan fingerprint density at radius 2 is 2.00 bits per heavy atom. The Labute approximate surface area is 122 Å². The normalized spacial score (nSPS) is 11.2. The van der Waals surface area contributed by atoms with E-state index in [-0.39, 0.29) is 5.22 Å². The Bertz CT molecular complexity index is 715. The van der Waals surface area contributed by atoms with Crippen molar-refractivity contribution < 1.29 is 13.2 Å². The van der Waals surface area contributed by atoms with E-state index in [0.717, 1.165) is 17.3 Å². The molecular formula is C12H9F2N5OS. The highest BCUT2D eigenvalue weighted by Gasteiger charge is 2.18. The first-order valence-electron chi connectivity index (χ1n) is 5.95. The second kappa shape index (κ2) is 6.00. The quantitative estimate of drug-likeness (QED) is 0.780. The van der Waals surface area contributed by atoms with E-state index in [0.29, 0.717) is 17.4 Å². The largest absolute Gasteiger partial charge is 0.410 e. The van der Waals surface area contributed by atoms with Crippen molar-refractivity contribution in [1.29, 1.82) is 0 Å². The van der Waals surface area contributed by atoms with Gasteiger partial charge in [-0.3, -0.25) is 5.10 Å². The first-order valence-corrected chi connectivity index (χ1v) is 6.77. The number of benzene rings is 1. The summed E-state index contributed by atoms with van der Waals surface area (Å²) in [6, 6.07) is 9.75. The lowest BCUT2D eigenvalue weighted by atomic mass is 10.1. The lowest BCUT2D eigenvalue weighted by Gasteiger charge is -1.95. The van der Waals surface area contributed by atoms with E-state index < -0.39 is 12.3 Å². The lowest BCUT2D eigenvalue weighted by molar-refractivity contribution is 0.110. The van der Waals surface area contributed by atoms with Crippen molar-refractivity contribution in [2.45, 2.75) is 23.2 Å². The van der Waals surface area contributed by atoms with Crippen LogP contribution >= 0.6 is 11.8 Å². The van der Waals surface area contributed by atoms with Gasteiger partial charge in [-0.2, -0.15) is 8.78 Å². The van der Waals surface area contributed by atoms with Gasteiger partial charge in [-0.15, -0.1) is 15.3 Å². The zero-order valence-electron chi connectivity index (χ0n) is 10.5. The van der Waals surface area contributed by atoms with Crippen LogP contribution in [0, 0.1) is 0 Å². The topological polar surface area (TPSA) is 80.5 Å². The molecule has 21 heavy (non-hydrogen) atoms. The van der Waals surface area contributed by atoms with Gasteiger partial charge in [0.2, 0.25) is 5.16 Å². The number of hydrogen-bond acceptors (Lipinski definition) is 6. The van der Waals surface area contributed by atoms with Gasteiger partial charge in [0.1, 0.15) is 5.82 Å². The number of aromatic nitrogens is 5. The number of nitrogens with zero attached hydrogens (tertiary/aromatic N) is 4. The van der Waals surface area contributed by atoms with Gasteiger partial charge >= 0.3 is 6.43 Å². The van der Waals surface area contributed by atoms with Crippen molar-refractivity contribution in [2.24, 2.45) is 0 Å². The van der Waals surface area contributed by atoms with Crippen LogP contribution in [0.1, 0.15) is 23.7 Å². The van der Waals surface area contributed by atoms with Crippen LogP contribution in [-0.2, 0) is 6.42 Å². The molecule has 0 fully saturated rings. The molecular weight excluding hydrogens is 300 g/mol. The van der Waals surface area contributed by atoms with Crippen LogP contribution in [0.3, 0.4) is 0 Å². The Morgan fingerprint density at radius 1 is 1.19 bits per heavy atom. The van der Waals surface area contributed by atoms with Gasteiger partial charge in [0.25, 0.3) is 11.1 Å². The summed E-state index contributed by atoms with van der Waals surface area (Å²) in [4.78, 5) is 4.24. The minimum Gasteiger partial charge on any atom is -0.410 e. The zero-order chi connectivity index (χ0) is 14.7. The molecule has 0 saturated carbocycles. The molecule has 0 radical (unpaired) electrons. The number of hydrogen-bond donors (Lipinski definition) is 1. The summed E-state index contributed by atoms with van der Waals surface area (Å²) in [5, 5.41) is 13.8. The molecule has 2 heterocycles. The summed E-state index contributed by atoms with van der Waals surface area (Å²) in [5.74, 6) is -0.0464. The maximum atomic E-state index is 12.3. The molecule has 6 nitrogen and oxygen atoms in total. The highest BCUT2D eigenvalue weighted by atomic mass is 32.2. The van der Waals surface area contributed by atoms with E-state index in [1.807, 2.05) is 30.3 Å². The Hall–Kier alpha value is -2.29. The fourth-order valence-corrected chi connectivity index (χ4v) is 2.23. The summed E-state index contributed by atoms with van der Waals surface area (Å²) in [5.41, 5.74) is 1.09. The number of rotatable bonds is 5. The van der Waals surface area contributed by atoms with Gasteiger partial charge in [0, 0.05) is 18.2 Å². The first kappa shape index (κ1) is 13.7. The maximum Gasteiger partial charge on any atom is 0.314 e. The van der Waals surface area contributed by atoms with Crippen LogP contribution in [0.4, 0.5) is 8.78 Å². The Kier molecular flexibility index (Phi) is 3.91. The number of aromatic amines is 1. The molecule has 0 aliphatic carbocycles. The zero-order valence-corrected chi connectivity index (χ0v) is 11.3. The summed E-state index contributed by atoms with van der Waals surface area (Å²) in [6.45, 7) is 0. The molecule has 0 unspecified atom stereocenters. The SMILES string of the molecule is FC(F)c1nnc(Sc2n[nH]c(Cc3ccccc3)n2)o1. The molecule has 0 amide bonds. The van der Waals surface area contributed by atoms with E-state index in [2.05, 4.69) is 25.4 Å². The third kappa shape index (κ3) is 3.43. The van der Waals surface area contributed by atoms with E-state index >= 15 is 0 Å². The van der Waals surface area contributed by atoms with Crippen LogP contribution in [0.15, 0.2) is 45.1 Å². The van der Waals surface area contributed by atoms with Crippen LogP contribution in [0.5, 0.6) is 0 Å². The van der Waals surface area contributed by atoms with Crippen molar-refractivity contribution in [1.82, 2.24) is 25.4 Å². The number of alkyl halides is 2. The van der Waals surface area contributed by atoms with Crippen molar-refractivity contribution >= 4 is 11.8 Å². The molecule has 0 atom stereocenters. The van der Waals surface area contributed by atoms with E-state index in [4.69, 9.17) is 4.42 Å². The molecule has 0 aliphatic heterocycles. The fourth-order valence-electron chi connectivity index (χ4n) is 1.62. The van der Waals surface area contributed by atoms with Gasteiger partial charge in [-0.05, 0) is 5.56 Å². The highest BCUT2D eigenvalue weighted by molar-refractivity contribution is 7.98. The number of H-pyrrole nitrogens is 1. The summed E-state index contributed by atoms with van der Waals surface area (Å²) >= 11 is 0.930. The Balaban J connectivity index is 1.67. The van der Waals surface area contributed by atoms with E-state index in [9.17, 15) is 8.78 Å². The molecule has 0 aliphatic rings. The van der Waals surface area contributed by atoms with Crippen LogP contribution < -0.4 is 0 Å². The van der Waals surface area contributed by atoms with Gasteiger partial charge in [-0.25, -0.2) is 4.98 Å². The predicted octanol–water partition coefficient (Wildman–Crippen LogP) is 2.87. The molecule has 3 aromatic rings. The second-order valence-electron chi connectivity index (χ2n) is 4.04. The van der Waals surface area contributed by atoms with Crippen molar-refractivity contribution in [2.75, 3.05) is 0 Å². The van der Waals surface area contributed by atoms with Crippen LogP contribution in [-0.4, -0.2) is 25.4 Å². The van der Waals surface area contributed by atoms with Gasteiger partial charge in [-0.1, -0.05) is 30.3 Å². The molecule has 0 saturated heterocycles.